The Morgan fingerprint density at radius 2 is 2.10 bits per heavy atom. The zero-order valence-electron chi connectivity index (χ0n) is 12.7. The Balaban J connectivity index is 2.04. The fourth-order valence-electron chi connectivity index (χ4n) is 2.55. The van der Waals surface area contributed by atoms with Crippen LogP contribution in [-0.2, 0) is 0 Å². The number of hydrogen-bond acceptors (Lipinski definition) is 5. The fourth-order valence-corrected chi connectivity index (χ4v) is 2.55. The summed E-state index contributed by atoms with van der Waals surface area (Å²) in [5, 5.41) is 0. The maximum Gasteiger partial charge on any atom is 0.191 e. The average Bonchev–Trinajstić information content (AvgIpc) is 2.82. The lowest BCUT2D eigenvalue weighted by Gasteiger charge is -2.29. The van der Waals surface area contributed by atoms with Gasteiger partial charge in [0.2, 0.25) is 0 Å². The number of aliphatic imine (C=N–C) groups is 1. The van der Waals surface area contributed by atoms with Gasteiger partial charge >= 0.3 is 0 Å². The van der Waals surface area contributed by atoms with Gasteiger partial charge in [0, 0.05) is 25.0 Å². The zero-order valence-corrected chi connectivity index (χ0v) is 12.7. The lowest BCUT2D eigenvalue weighted by Crippen LogP contribution is -2.41. The molecule has 0 bridgehead atoms. The molecule has 20 heavy (non-hydrogen) atoms. The molecule has 0 aliphatic carbocycles. The molecule has 5 nitrogen and oxygen atoms in total. The first kappa shape index (κ1) is 14.8. The molecule has 0 saturated heterocycles. The van der Waals surface area contributed by atoms with E-state index in [4.69, 9.17) is 5.73 Å². The molecule has 2 N–H and O–H groups in total. The molecule has 2 heterocycles. The molecular formula is C15H25N5. The van der Waals surface area contributed by atoms with E-state index >= 15 is 0 Å². The topological polar surface area (TPSA) is 57.8 Å². The first-order valence-electron chi connectivity index (χ1n) is 7.37. The smallest absolute Gasteiger partial charge is 0.191 e. The van der Waals surface area contributed by atoms with Crippen molar-refractivity contribution in [2.24, 2.45) is 10.7 Å². The van der Waals surface area contributed by atoms with Gasteiger partial charge in [-0.1, -0.05) is 19.9 Å². The monoisotopic (exact) mass is 275 g/mol. The van der Waals surface area contributed by atoms with Crippen molar-refractivity contribution >= 4 is 5.96 Å². The number of hydrogen-bond donors (Lipinski definition) is 1. The third kappa shape index (κ3) is 3.28. The number of likely N-dealkylation sites (N-methyl/N-ethyl adjacent to an activating group) is 1. The van der Waals surface area contributed by atoms with Crippen molar-refractivity contribution in [2.75, 3.05) is 32.7 Å². The molecule has 1 unspecified atom stereocenters. The molecule has 0 fully saturated rings. The van der Waals surface area contributed by atoms with E-state index in [2.05, 4.69) is 39.7 Å². The van der Waals surface area contributed by atoms with Crippen LogP contribution in [-0.4, -0.2) is 53.5 Å². The normalized spacial score (nSPS) is 18.7. The Hall–Kier alpha value is -1.62. The predicted molar refractivity (Wildman–Crippen MR) is 82.7 cm³/mol. The molecule has 1 aromatic heterocycles. The van der Waals surface area contributed by atoms with Crippen LogP contribution in [0, 0.1) is 6.92 Å². The second-order valence-electron chi connectivity index (χ2n) is 5.17. The van der Waals surface area contributed by atoms with E-state index in [9.17, 15) is 0 Å². The molecule has 1 atom stereocenters. The minimum absolute atomic E-state index is 0.235. The van der Waals surface area contributed by atoms with Crippen LogP contribution in [0.2, 0.25) is 0 Å². The third-order valence-electron chi connectivity index (χ3n) is 3.97. The average molecular weight is 275 g/mol. The highest BCUT2D eigenvalue weighted by Crippen LogP contribution is 2.24. The Morgan fingerprint density at radius 3 is 2.70 bits per heavy atom. The molecule has 5 heteroatoms. The number of guanidine groups is 1. The Bertz CT molecular complexity index is 450. The van der Waals surface area contributed by atoms with Crippen molar-refractivity contribution in [3.8, 4) is 0 Å². The molecule has 1 aliphatic heterocycles. The minimum Gasteiger partial charge on any atom is -0.370 e. The summed E-state index contributed by atoms with van der Waals surface area (Å²) in [5.41, 5.74) is 8.27. The largest absolute Gasteiger partial charge is 0.370 e. The number of nitrogens with two attached hydrogens (primary N) is 1. The second-order valence-corrected chi connectivity index (χ2v) is 5.17. The summed E-state index contributed by atoms with van der Waals surface area (Å²) >= 11 is 0. The fraction of sp³-hybridized carbons (Fsp3) is 0.600. The SMILES string of the molecule is CCN(CC)CCN1C(N)=NCC1c1ccc(C)nc1. The van der Waals surface area contributed by atoms with E-state index in [0.717, 1.165) is 38.4 Å². The number of nitrogens with zero attached hydrogens (tertiary/aromatic N) is 4. The van der Waals surface area contributed by atoms with Crippen LogP contribution >= 0.6 is 0 Å². The highest BCUT2D eigenvalue weighted by Gasteiger charge is 2.27. The molecule has 0 spiro atoms. The van der Waals surface area contributed by atoms with Gasteiger partial charge in [-0.05, 0) is 31.6 Å². The number of pyridine rings is 1. The van der Waals surface area contributed by atoms with Gasteiger partial charge in [-0.3, -0.25) is 9.98 Å². The van der Waals surface area contributed by atoms with Crippen LogP contribution in [0.5, 0.6) is 0 Å². The van der Waals surface area contributed by atoms with Gasteiger partial charge in [-0.25, -0.2) is 0 Å². The molecule has 2 rings (SSSR count). The van der Waals surface area contributed by atoms with E-state index in [1.54, 1.807) is 0 Å². The highest BCUT2D eigenvalue weighted by molar-refractivity contribution is 5.80. The molecule has 0 amide bonds. The first-order valence-corrected chi connectivity index (χ1v) is 7.37. The number of aromatic nitrogens is 1. The molecule has 0 aromatic carbocycles. The maximum absolute atomic E-state index is 6.04. The van der Waals surface area contributed by atoms with Crippen LogP contribution in [0.3, 0.4) is 0 Å². The van der Waals surface area contributed by atoms with E-state index < -0.39 is 0 Å². The first-order chi connectivity index (χ1) is 9.65. The van der Waals surface area contributed by atoms with Crippen LogP contribution in [0.4, 0.5) is 0 Å². The molecule has 1 aromatic rings. The second kappa shape index (κ2) is 6.70. The van der Waals surface area contributed by atoms with Gasteiger partial charge < -0.3 is 15.5 Å². The van der Waals surface area contributed by atoms with Crippen molar-refractivity contribution < 1.29 is 0 Å². The lowest BCUT2D eigenvalue weighted by molar-refractivity contribution is 0.248. The standard InChI is InChI=1S/C15H25N5/c1-4-19(5-2)8-9-20-14(11-18-15(20)16)13-7-6-12(3)17-10-13/h6-7,10,14H,4-5,8-9,11H2,1-3H3,(H2,16,18). The van der Waals surface area contributed by atoms with Crippen LogP contribution in [0.15, 0.2) is 23.3 Å². The van der Waals surface area contributed by atoms with E-state index in [1.807, 2.05) is 19.2 Å². The van der Waals surface area contributed by atoms with Gasteiger partial charge in [0.1, 0.15) is 0 Å². The van der Waals surface area contributed by atoms with Crippen molar-refractivity contribution in [2.45, 2.75) is 26.8 Å². The van der Waals surface area contributed by atoms with E-state index in [0.29, 0.717) is 5.96 Å². The van der Waals surface area contributed by atoms with Crippen molar-refractivity contribution in [1.82, 2.24) is 14.8 Å². The van der Waals surface area contributed by atoms with E-state index in [1.165, 1.54) is 5.56 Å². The van der Waals surface area contributed by atoms with Crippen molar-refractivity contribution in [1.29, 1.82) is 0 Å². The Kier molecular flexibility index (Phi) is 4.95. The van der Waals surface area contributed by atoms with Crippen molar-refractivity contribution in [3.63, 3.8) is 0 Å². The summed E-state index contributed by atoms with van der Waals surface area (Å²) in [5.74, 6) is 0.655. The summed E-state index contributed by atoms with van der Waals surface area (Å²) < 4.78 is 0. The summed E-state index contributed by atoms with van der Waals surface area (Å²) in [6, 6.07) is 4.41. The van der Waals surface area contributed by atoms with Gasteiger partial charge in [-0.2, -0.15) is 0 Å². The van der Waals surface area contributed by atoms with Crippen LogP contribution in [0.1, 0.15) is 31.1 Å². The molecule has 110 valence electrons. The van der Waals surface area contributed by atoms with Crippen LogP contribution in [0.25, 0.3) is 0 Å². The number of aryl methyl sites for hydroxylation is 1. The molecule has 1 aliphatic rings. The summed E-state index contributed by atoms with van der Waals surface area (Å²) in [7, 11) is 0. The van der Waals surface area contributed by atoms with Gasteiger partial charge in [0.05, 0.1) is 12.6 Å². The Morgan fingerprint density at radius 1 is 1.35 bits per heavy atom. The summed E-state index contributed by atoms with van der Waals surface area (Å²) in [6.45, 7) is 11.2. The minimum atomic E-state index is 0.235. The van der Waals surface area contributed by atoms with Gasteiger partial charge in [-0.15, -0.1) is 0 Å². The molecule has 0 saturated carbocycles. The molecule has 0 radical (unpaired) electrons. The zero-order chi connectivity index (χ0) is 14.5. The lowest BCUT2D eigenvalue weighted by atomic mass is 10.1. The van der Waals surface area contributed by atoms with E-state index in [-0.39, 0.29) is 6.04 Å². The summed E-state index contributed by atoms with van der Waals surface area (Å²) in [6.07, 6.45) is 1.94. The van der Waals surface area contributed by atoms with Gasteiger partial charge in [0.15, 0.2) is 5.96 Å². The Labute approximate surface area is 121 Å². The predicted octanol–water partition coefficient (Wildman–Crippen LogP) is 1.40. The van der Waals surface area contributed by atoms with Crippen LogP contribution < -0.4 is 5.73 Å². The van der Waals surface area contributed by atoms with Crippen molar-refractivity contribution in [3.05, 3.63) is 29.6 Å². The molecular weight excluding hydrogens is 250 g/mol. The number of rotatable bonds is 6. The quantitative estimate of drug-likeness (QED) is 0.852. The maximum atomic E-state index is 6.04. The highest BCUT2D eigenvalue weighted by atomic mass is 15.3. The summed E-state index contributed by atoms with van der Waals surface area (Å²) in [4.78, 5) is 13.4. The van der Waals surface area contributed by atoms with Gasteiger partial charge in [0.25, 0.3) is 0 Å². The third-order valence-corrected chi connectivity index (χ3v) is 3.97.